The molecule has 0 aromatic carbocycles. The number of fused-ring (bicyclic) bond motifs is 1. The summed E-state index contributed by atoms with van der Waals surface area (Å²) in [5.41, 5.74) is 2.41. The summed E-state index contributed by atoms with van der Waals surface area (Å²) in [6, 6.07) is 3.69. The summed E-state index contributed by atoms with van der Waals surface area (Å²) >= 11 is 0. The molecule has 2 amide bonds. The summed E-state index contributed by atoms with van der Waals surface area (Å²) in [5.74, 6) is 0.382. The molecule has 2 aromatic heterocycles. The average Bonchev–Trinajstić information content (AvgIpc) is 3.10. The first-order chi connectivity index (χ1) is 11.2. The number of carbonyl (C=O) groups is 2. The quantitative estimate of drug-likeness (QED) is 0.841. The highest BCUT2D eigenvalue weighted by molar-refractivity contribution is 6.00. The summed E-state index contributed by atoms with van der Waals surface area (Å²) in [4.78, 5) is 29.5. The lowest BCUT2D eigenvalue weighted by molar-refractivity contribution is -0.115. The van der Waals surface area contributed by atoms with Crippen LogP contribution in [0, 0.1) is 17.2 Å². The highest BCUT2D eigenvalue weighted by Gasteiger charge is 2.32. The van der Waals surface area contributed by atoms with Gasteiger partial charge in [-0.3, -0.25) is 4.79 Å². The predicted molar refractivity (Wildman–Crippen MR) is 79.3 cm³/mol. The van der Waals surface area contributed by atoms with E-state index >= 15 is 0 Å². The van der Waals surface area contributed by atoms with E-state index in [0.717, 1.165) is 16.7 Å². The summed E-state index contributed by atoms with van der Waals surface area (Å²) in [7, 11) is 0. The Labute approximate surface area is 131 Å². The van der Waals surface area contributed by atoms with Gasteiger partial charge in [0.1, 0.15) is 5.82 Å². The van der Waals surface area contributed by atoms with E-state index in [1.165, 1.54) is 4.68 Å². The Morgan fingerprint density at radius 2 is 2.26 bits per heavy atom. The van der Waals surface area contributed by atoms with Crippen molar-refractivity contribution in [2.24, 2.45) is 5.92 Å². The van der Waals surface area contributed by atoms with Gasteiger partial charge in [0.25, 0.3) is 0 Å². The second-order valence-electron chi connectivity index (χ2n) is 5.60. The molecule has 4 heterocycles. The molecule has 0 aliphatic carbocycles. The van der Waals surface area contributed by atoms with Crippen molar-refractivity contribution in [1.29, 1.82) is 5.26 Å². The third-order valence-corrected chi connectivity index (χ3v) is 4.08. The lowest BCUT2D eigenvalue weighted by Gasteiger charge is -2.34. The van der Waals surface area contributed by atoms with Crippen molar-refractivity contribution in [3.63, 3.8) is 0 Å². The number of pyridine rings is 1. The molecular formula is C15H12N6O2. The fourth-order valence-electron chi connectivity index (χ4n) is 2.81. The number of nitrogens with zero attached hydrogens (tertiary/aromatic N) is 5. The Kier molecular flexibility index (Phi) is 2.87. The van der Waals surface area contributed by atoms with E-state index < -0.39 is 0 Å². The fourth-order valence-corrected chi connectivity index (χ4v) is 2.81. The van der Waals surface area contributed by atoms with Crippen LogP contribution < -0.4 is 5.32 Å². The molecule has 2 aliphatic rings. The summed E-state index contributed by atoms with van der Waals surface area (Å²) in [5, 5.41) is 15.6. The molecule has 0 saturated carbocycles. The zero-order chi connectivity index (χ0) is 16.0. The largest absolute Gasteiger partial charge is 0.344 e. The number of nitrogens with one attached hydrogen (secondary N) is 1. The maximum atomic E-state index is 12.3. The van der Waals surface area contributed by atoms with Gasteiger partial charge in [0, 0.05) is 36.6 Å². The number of nitriles is 1. The second kappa shape index (κ2) is 4.91. The molecule has 0 spiro atoms. The van der Waals surface area contributed by atoms with Crippen LogP contribution in [0.15, 0.2) is 24.7 Å². The standard InChI is InChI=1S/C15H12N6O2/c16-4-9-6-20(7-9)15(23)21-8-10(5-18-21)11-1-2-17-14-12(11)3-13(22)19-14/h1-2,5,8-9H,3,6-7H2,(H,17,19,22). The van der Waals surface area contributed by atoms with Crippen molar-refractivity contribution in [3.8, 4) is 17.2 Å². The van der Waals surface area contributed by atoms with Gasteiger partial charge < -0.3 is 10.2 Å². The summed E-state index contributed by atoms with van der Waals surface area (Å²) in [6.07, 6.45) is 5.12. The van der Waals surface area contributed by atoms with Crippen molar-refractivity contribution in [2.75, 3.05) is 18.4 Å². The number of aromatic nitrogens is 3. The van der Waals surface area contributed by atoms with Gasteiger partial charge in [0.05, 0.1) is 24.6 Å². The topological polar surface area (TPSA) is 104 Å². The van der Waals surface area contributed by atoms with E-state index in [9.17, 15) is 9.59 Å². The molecule has 2 aliphatic heterocycles. The van der Waals surface area contributed by atoms with E-state index in [4.69, 9.17) is 5.26 Å². The van der Waals surface area contributed by atoms with Gasteiger partial charge >= 0.3 is 6.03 Å². The molecular weight excluding hydrogens is 296 g/mol. The molecule has 0 bridgehead atoms. The number of hydrogen-bond acceptors (Lipinski definition) is 5. The molecule has 0 unspecified atom stereocenters. The molecule has 1 saturated heterocycles. The minimum absolute atomic E-state index is 0.0884. The van der Waals surface area contributed by atoms with Crippen LogP contribution in [0.3, 0.4) is 0 Å². The van der Waals surface area contributed by atoms with Crippen molar-refractivity contribution >= 4 is 17.8 Å². The van der Waals surface area contributed by atoms with E-state index in [2.05, 4.69) is 21.5 Å². The summed E-state index contributed by atoms with van der Waals surface area (Å²) in [6.45, 7) is 0.876. The second-order valence-corrected chi connectivity index (χ2v) is 5.60. The number of hydrogen-bond donors (Lipinski definition) is 1. The van der Waals surface area contributed by atoms with Crippen LogP contribution in [0.25, 0.3) is 11.1 Å². The Morgan fingerprint density at radius 1 is 1.43 bits per heavy atom. The van der Waals surface area contributed by atoms with Crippen molar-refractivity contribution in [1.82, 2.24) is 19.7 Å². The van der Waals surface area contributed by atoms with E-state index in [-0.39, 0.29) is 24.3 Å². The molecule has 23 heavy (non-hydrogen) atoms. The van der Waals surface area contributed by atoms with Gasteiger partial charge in [-0.1, -0.05) is 0 Å². The van der Waals surface area contributed by atoms with Gasteiger partial charge in [-0.05, 0) is 11.6 Å². The van der Waals surface area contributed by atoms with Crippen molar-refractivity contribution in [3.05, 3.63) is 30.2 Å². The van der Waals surface area contributed by atoms with E-state index in [1.54, 1.807) is 29.6 Å². The van der Waals surface area contributed by atoms with Crippen LogP contribution in [0.2, 0.25) is 0 Å². The zero-order valence-corrected chi connectivity index (χ0v) is 12.1. The van der Waals surface area contributed by atoms with Crippen LogP contribution in [0.1, 0.15) is 5.56 Å². The van der Waals surface area contributed by atoms with Crippen LogP contribution in [-0.2, 0) is 11.2 Å². The Hall–Kier alpha value is -3.21. The van der Waals surface area contributed by atoms with E-state index in [0.29, 0.717) is 18.9 Å². The number of rotatable bonds is 1. The molecule has 8 heteroatoms. The summed E-state index contributed by atoms with van der Waals surface area (Å²) < 4.78 is 1.26. The molecule has 2 aromatic rings. The maximum Gasteiger partial charge on any atom is 0.344 e. The highest BCUT2D eigenvalue weighted by Crippen LogP contribution is 2.31. The predicted octanol–water partition coefficient (Wildman–Crippen LogP) is 0.863. The first-order valence-electron chi connectivity index (χ1n) is 7.17. The molecule has 4 rings (SSSR count). The average molecular weight is 308 g/mol. The minimum atomic E-state index is -0.248. The first kappa shape index (κ1) is 13.5. The monoisotopic (exact) mass is 308 g/mol. The number of likely N-dealkylation sites (tertiary alicyclic amines) is 1. The van der Waals surface area contributed by atoms with Gasteiger partial charge in [0.2, 0.25) is 5.91 Å². The van der Waals surface area contributed by atoms with Crippen molar-refractivity contribution < 1.29 is 9.59 Å². The lowest BCUT2D eigenvalue weighted by atomic mass is 10.0. The third kappa shape index (κ3) is 2.14. The minimum Gasteiger partial charge on any atom is -0.320 e. The van der Waals surface area contributed by atoms with Crippen LogP contribution in [0.5, 0.6) is 0 Å². The molecule has 8 nitrogen and oxygen atoms in total. The molecule has 0 atom stereocenters. The van der Waals surface area contributed by atoms with Gasteiger partial charge in [0.15, 0.2) is 0 Å². The maximum absolute atomic E-state index is 12.3. The molecule has 1 N–H and O–H groups in total. The van der Waals surface area contributed by atoms with Gasteiger partial charge in [-0.25, -0.2) is 9.78 Å². The number of carbonyl (C=O) groups excluding carboxylic acids is 2. The normalized spacial score (nSPS) is 16.5. The van der Waals surface area contributed by atoms with Crippen LogP contribution >= 0.6 is 0 Å². The Bertz CT molecular complexity index is 859. The number of amides is 2. The lowest BCUT2D eigenvalue weighted by Crippen LogP contribution is -2.51. The van der Waals surface area contributed by atoms with Crippen LogP contribution in [-0.4, -0.2) is 44.7 Å². The smallest absolute Gasteiger partial charge is 0.320 e. The van der Waals surface area contributed by atoms with Gasteiger partial charge in [-0.2, -0.15) is 15.0 Å². The Morgan fingerprint density at radius 3 is 3.04 bits per heavy atom. The SMILES string of the molecule is N#CC1CN(C(=O)n2cc(-c3ccnc4c3CC(=O)N4)cn2)C1. The molecule has 114 valence electrons. The van der Waals surface area contributed by atoms with E-state index in [1.807, 2.05) is 0 Å². The highest BCUT2D eigenvalue weighted by atomic mass is 16.2. The van der Waals surface area contributed by atoms with Crippen molar-refractivity contribution in [2.45, 2.75) is 6.42 Å². The molecule has 0 radical (unpaired) electrons. The number of anilines is 1. The first-order valence-corrected chi connectivity index (χ1v) is 7.17. The Balaban J connectivity index is 1.60. The zero-order valence-electron chi connectivity index (χ0n) is 12.1. The molecule has 1 fully saturated rings. The fraction of sp³-hybridized carbons (Fsp3) is 0.267. The third-order valence-electron chi connectivity index (χ3n) is 4.08. The van der Waals surface area contributed by atoms with Crippen LogP contribution in [0.4, 0.5) is 10.6 Å². The van der Waals surface area contributed by atoms with Gasteiger partial charge in [-0.15, -0.1) is 0 Å².